The van der Waals surface area contributed by atoms with Gasteiger partial charge in [-0.05, 0) is 37.6 Å². The van der Waals surface area contributed by atoms with Crippen molar-refractivity contribution in [3.05, 3.63) is 41.5 Å². The molecule has 74 valence electrons. The van der Waals surface area contributed by atoms with Crippen LogP contribution in [0.25, 0.3) is 5.57 Å². The van der Waals surface area contributed by atoms with Crippen molar-refractivity contribution >= 4 is 5.57 Å². The van der Waals surface area contributed by atoms with Crippen LogP contribution < -0.4 is 0 Å². The maximum Gasteiger partial charge on any atom is 0.0323 e. The molecule has 0 N–H and O–H groups in total. The lowest BCUT2D eigenvalue weighted by Crippen LogP contribution is -2.34. The predicted octanol–water partition coefficient (Wildman–Crippen LogP) is 2.92. The minimum Gasteiger partial charge on any atom is -0.295 e. The summed E-state index contributed by atoms with van der Waals surface area (Å²) in [6.45, 7) is 5.46. The monoisotopic (exact) mass is 187 g/mol. The van der Waals surface area contributed by atoms with Crippen molar-refractivity contribution in [2.75, 3.05) is 7.05 Å². The minimum atomic E-state index is 0.537. The second-order valence-electron chi connectivity index (χ2n) is 3.99. The van der Waals surface area contributed by atoms with Crippen molar-refractivity contribution in [3.63, 3.8) is 0 Å². The average Bonchev–Trinajstić information content (AvgIpc) is 2.20. The lowest BCUT2D eigenvalue weighted by Gasteiger charge is -2.34. The second kappa shape index (κ2) is 3.58. The summed E-state index contributed by atoms with van der Waals surface area (Å²) < 4.78 is 0. The molecular weight excluding hydrogens is 170 g/mol. The van der Waals surface area contributed by atoms with Crippen LogP contribution >= 0.6 is 0 Å². The Morgan fingerprint density at radius 1 is 1.36 bits per heavy atom. The lowest BCUT2D eigenvalue weighted by molar-refractivity contribution is 0.286. The molecule has 0 spiro atoms. The van der Waals surface area contributed by atoms with Gasteiger partial charge in [-0.25, -0.2) is 0 Å². The van der Waals surface area contributed by atoms with Crippen LogP contribution in [-0.4, -0.2) is 18.0 Å². The largest absolute Gasteiger partial charge is 0.295 e. The summed E-state index contributed by atoms with van der Waals surface area (Å²) in [4.78, 5) is 2.39. The van der Waals surface area contributed by atoms with Crippen molar-refractivity contribution < 1.29 is 0 Å². The lowest BCUT2D eigenvalue weighted by atomic mass is 9.90. The third-order valence-corrected chi connectivity index (χ3v) is 3.17. The third kappa shape index (κ3) is 1.38. The third-order valence-electron chi connectivity index (χ3n) is 3.17. The summed E-state index contributed by atoms with van der Waals surface area (Å²) in [6, 6.07) is 9.24. The molecule has 0 saturated carbocycles. The van der Waals surface area contributed by atoms with Gasteiger partial charge in [0.2, 0.25) is 0 Å². The number of hydrogen-bond acceptors (Lipinski definition) is 1. The van der Waals surface area contributed by atoms with Crippen molar-refractivity contribution in [1.29, 1.82) is 0 Å². The van der Waals surface area contributed by atoms with Gasteiger partial charge in [0.15, 0.2) is 0 Å². The Labute approximate surface area is 86.1 Å². The first-order valence-corrected chi connectivity index (χ1v) is 5.18. The van der Waals surface area contributed by atoms with Crippen LogP contribution in [0.4, 0.5) is 0 Å². The van der Waals surface area contributed by atoms with E-state index in [1.54, 1.807) is 0 Å². The molecule has 2 rings (SSSR count). The van der Waals surface area contributed by atoms with Crippen LogP contribution in [-0.2, 0) is 6.54 Å². The number of likely N-dealkylation sites (N-methyl/N-ethyl adjacent to an activating group) is 1. The van der Waals surface area contributed by atoms with Crippen LogP contribution in [0.1, 0.15) is 25.0 Å². The Kier molecular flexibility index (Phi) is 2.42. The number of nitrogens with zero attached hydrogens (tertiary/aromatic N) is 1. The van der Waals surface area contributed by atoms with E-state index in [4.69, 9.17) is 0 Å². The summed E-state index contributed by atoms with van der Waals surface area (Å²) >= 11 is 0. The summed E-state index contributed by atoms with van der Waals surface area (Å²) in [6.07, 6.45) is 2.24. The molecule has 1 heteroatoms. The van der Waals surface area contributed by atoms with Crippen molar-refractivity contribution in [3.8, 4) is 0 Å². The molecule has 0 unspecified atom stereocenters. The van der Waals surface area contributed by atoms with Gasteiger partial charge in [-0.3, -0.25) is 4.90 Å². The minimum absolute atomic E-state index is 0.537. The van der Waals surface area contributed by atoms with E-state index in [2.05, 4.69) is 56.1 Å². The highest BCUT2D eigenvalue weighted by Crippen LogP contribution is 2.30. The number of allylic oxidation sites excluding steroid dienone is 1. The van der Waals surface area contributed by atoms with Crippen LogP contribution in [0.2, 0.25) is 0 Å². The summed E-state index contributed by atoms with van der Waals surface area (Å²) in [5, 5.41) is 0. The SMILES string of the molecule is C/C=C1/c2ccccc2CN(C)[C@H]1C. The molecule has 0 bridgehead atoms. The second-order valence-corrected chi connectivity index (χ2v) is 3.99. The van der Waals surface area contributed by atoms with Gasteiger partial charge in [0, 0.05) is 12.6 Å². The first kappa shape index (κ1) is 9.47. The fourth-order valence-corrected chi connectivity index (χ4v) is 2.20. The van der Waals surface area contributed by atoms with Gasteiger partial charge < -0.3 is 0 Å². The van der Waals surface area contributed by atoms with E-state index < -0.39 is 0 Å². The highest BCUT2D eigenvalue weighted by Gasteiger charge is 2.23. The molecule has 1 aromatic carbocycles. The van der Waals surface area contributed by atoms with Crippen LogP contribution in [0.3, 0.4) is 0 Å². The highest BCUT2D eigenvalue weighted by molar-refractivity contribution is 5.73. The molecule has 1 aromatic rings. The fraction of sp³-hybridized carbons (Fsp3) is 0.385. The maximum atomic E-state index is 2.39. The maximum absolute atomic E-state index is 2.39. The van der Waals surface area contributed by atoms with E-state index in [1.807, 2.05) is 0 Å². The van der Waals surface area contributed by atoms with Crippen LogP contribution in [0.5, 0.6) is 0 Å². The predicted molar refractivity (Wildman–Crippen MR) is 61.0 cm³/mol. The Morgan fingerprint density at radius 2 is 2.07 bits per heavy atom. The van der Waals surface area contributed by atoms with Crippen molar-refractivity contribution in [2.24, 2.45) is 0 Å². The smallest absolute Gasteiger partial charge is 0.0323 e. The normalized spacial score (nSPS) is 25.1. The molecule has 1 nitrogen and oxygen atoms in total. The number of fused-ring (bicyclic) bond motifs is 1. The number of benzene rings is 1. The van der Waals surface area contributed by atoms with E-state index >= 15 is 0 Å². The molecule has 1 aliphatic rings. The van der Waals surface area contributed by atoms with Gasteiger partial charge in [0.05, 0.1) is 0 Å². The topological polar surface area (TPSA) is 3.24 Å². The molecule has 0 amide bonds. The molecule has 0 aliphatic carbocycles. The van der Waals surface area contributed by atoms with Crippen LogP contribution in [0, 0.1) is 0 Å². The van der Waals surface area contributed by atoms with E-state index in [-0.39, 0.29) is 0 Å². The highest BCUT2D eigenvalue weighted by atomic mass is 15.1. The Balaban J connectivity index is 2.53. The van der Waals surface area contributed by atoms with E-state index in [1.165, 1.54) is 16.7 Å². The standard InChI is InChI=1S/C13H17N/c1-4-12-10(2)14(3)9-11-7-5-6-8-13(11)12/h4-8,10H,9H2,1-3H3/b12-4+/t10-/m0/s1. The van der Waals surface area contributed by atoms with Gasteiger partial charge in [-0.15, -0.1) is 0 Å². The molecule has 0 radical (unpaired) electrons. The quantitative estimate of drug-likeness (QED) is 0.603. The summed E-state index contributed by atoms with van der Waals surface area (Å²) in [5.41, 5.74) is 4.33. The molecular formula is C13H17N. The average molecular weight is 187 g/mol. The van der Waals surface area contributed by atoms with E-state index in [9.17, 15) is 0 Å². The van der Waals surface area contributed by atoms with E-state index in [0.717, 1.165) is 6.54 Å². The molecule has 0 aromatic heterocycles. The van der Waals surface area contributed by atoms with Crippen molar-refractivity contribution in [2.45, 2.75) is 26.4 Å². The fourth-order valence-electron chi connectivity index (χ4n) is 2.20. The molecule has 1 heterocycles. The zero-order chi connectivity index (χ0) is 10.1. The van der Waals surface area contributed by atoms with Gasteiger partial charge in [0.25, 0.3) is 0 Å². The van der Waals surface area contributed by atoms with Crippen molar-refractivity contribution in [1.82, 2.24) is 4.90 Å². The van der Waals surface area contributed by atoms with Gasteiger partial charge >= 0.3 is 0 Å². The molecule has 0 fully saturated rings. The molecule has 1 aliphatic heterocycles. The van der Waals surface area contributed by atoms with Gasteiger partial charge in [0.1, 0.15) is 0 Å². The number of hydrogen-bond donors (Lipinski definition) is 0. The van der Waals surface area contributed by atoms with E-state index in [0.29, 0.717) is 6.04 Å². The van der Waals surface area contributed by atoms with Crippen LogP contribution in [0.15, 0.2) is 30.3 Å². The first-order valence-electron chi connectivity index (χ1n) is 5.18. The Bertz CT molecular complexity index is 365. The Hall–Kier alpha value is -1.08. The zero-order valence-electron chi connectivity index (χ0n) is 9.12. The number of rotatable bonds is 0. The van der Waals surface area contributed by atoms with Gasteiger partial charge in [-0.1, -0.05) is 30.3 Å². The molecule has 1 atom stereocenters. The molecule has 14 heavy (non-hydrogen) atoms. The summed E-state index contributed by atoms with van der Waals surface area (Å²) in [7, 11) is 2.18. The first-order chi connectivity index (χ1) is 6.74. The Morgan fingerprint density at radius 3 is 2.79 bits per heavy atom. The summed E-state index contributed by atoms with van der Waals surface area (Å²) in [5.74, 6) is 0. The zero-order valence-corrected chi connectivity index (χ0v) is 9.12. The molecule has 0 saturated heterocycles. The van der Waals surface area contributed by atoms with Gasteiger partial charge in [-0.2, -0.15) is 0 Å².